The minimum absolute atomic E-state index is 0.00440. The average molecular weight is 727 g/mol. The number of nitrogens with zero attached hydrogens (tertiary/aromatic N) is 1. The van der Waals surface area contributed by atoms with Crippen LogP contribution in [0.5, 0.6) is 0 Å². The summed E-state index contributed by atoms with van der Waals surface area (Å²) in [5.74, 6) is -0.215. The summed E-state index contributed by atoms with van der Waals surface area (Å²) in [6, 6.07) is -0.890. The number of aliphatic hydroxyl groups is 1. The van der Waals surface area contributed by atoms with Gasteiger partial charge in [-0.15, -0.1) is 0 Å². The first-order chi connectivity index (χ1) is 24.0. The number of rotatable bonds is 36. The van der Waals surface area contributed by atoms with E-state index in [1.165, 1.54) is 77.0 Å². The lowest BCUT2D eigenvalue weighted by Crippen LogP contribution is -2.45. The fraction of sp³-hybridized carbons (Fsp3) is 0.829. The summed E-state index contributed by atoms with van der Waals surface area (Å²) in [6.07, 6.45) is 38.9. The van der Waals surface area contributed by atoms with Crippen LogP contribution in [0.25, 0.3) is 0 Å². The lowest BCUT2D eigenvalue weighted by atomic mass is 10.0. The van der Waals surface area contributed by atoms with E-state index in [4.69, 9.17) is 9.05 Å². The van der Waals surface area contributed by atoms with Crippen LogP contribution < -0.4 is 10.2 Å². The normalized spacial score (nSPS) is 14.9. The maximum Gasteiger partial charge on any atom is 0.268 e. The molecule has 8 nitrogen and oxygen atoms in total. The van der Waals surface area contributed by atoms with E-state index in [1.807, 2.05) is 27.2 Å². The van der Waals surface area contributed by atoms with Crippen molar-refractivity contribution in [1.29, 1.82) is 0 Å². The molecule has 0 aliphatic heterocycles. The lowest BCUT2D eigenvalue weighted by molar-refractivity contribution is -0.870. The molecule has 0 saturated carbocycles. The molecule has 50 heavy (non-hydrogen) atoms. The first-order valence-corrected chi connectivity index (χ1v) is 21.8. The second kappa shape index (κ2) is 33.5. The Bertz CT molecular complexity index is 917. The van der Waals surface area contributed by atoms with Gasteiger partial charge < -0.3 is 28.8 Å². The molecular formula is C41H79N2O6P. The van der Waals surface area contributed by atoms with Gasteiger partial charge in [-0.2, -0.15) is 0 Å². The number of carbonyl (C=O) groups is 1. The molecule has 0 aliphatic rings. The van der Waals surface area contributed by atoms with Crippen LogP contribution in [-0.2, 0) is 18.4 Å². The Morgan fingerprint density at radius 2 is 1.20 bits per heavy atom. The number of nitrogens with one attached hydrogen (secondary N) is 1. The van der Waals surface area contributed by atoms with E-state index in [9.17, 15) is 19.4 Å². The van der Waals surface area contributed by atoms with Crippen molar-refractivity contribution in [2.24, 2.45) is 0 Å². The van der Waals surface area contributed by atoms with Gasteiger partial charge in [0.15, 0.2) is 0 Å². The van der Waals surface area contributed by atoms with E-state index in [-0.39, 0.29) is 19.1 Å². The van der Waals surface area contributed by atoms with Gasteiger partial charge >= 0.3 is 0 Å². The molecule has 0 aromatic heterocycles. The molecule has 0 rings (SSSR count). The fourth-order valence-corrected chi connectivity index (χ4v) is 6.26. The maximum atomic E-state index is 12.8. The zero-order valence-electron chi connectivity index (χ0n) is 33.1. The first-order valence-electron chi connectivity index (χ1n) is 20.4. The number of phosphoric acid groups is 1. The number of carbonyl (C=O) groups excluding carboxylic acids is 1. The number of unbranched alkanes of at least 4 members (excludes halogenated alkanes) is 19. The highest BCUT2D eigenvalue weighted by Crippen LogP contribution is 2.38. The van der Waals surface area contributed by atoms with Gasteiger partial charge in [0.25, 0.3) is 7.82 Å². The molecule has 3 atom stereocenters. The Morgan fingerprint density at radius 1 is 0.700 bits per heavy atom. The van der Waals surface area contributed by atoms with Crippen LogP contribution in [0, 0.1) is 0 Å². The summed E-state index contributed by atoms with van der Waals surface area (Å²) in [5.41, 5.74) is 0. The predicted molar refractivity (Wildman–Crippen MR) is 210 cm³/mol. The third-order valence-electron chi connectivity index (χ3n) is 8.83. The van der Waals surface area contributed by atoms with Gasteiger partial charge in [0.2, 0.25) is 5.91 Å². The second-order valence-electron chi connectivity index (χ2n) is 15.0. The van der Waals surface area contributed by atoms with Crippen molar-refractivity contribution in [3.05, 3.63) is 36.5 Å². The lowest BCUT2D eigenvalue weighted by Gasteiger charge is -2.29. The van der Waals surface area contributed by atoms with Crippen LogP contribution in [0.2, 0.25) is 0 Å². The largest absolute Gasteiger partial charge is 0.756 e. The van der Waals surface area contributed by atoms with E-state index >= 15 is 0 Å². The summed E-state index contributed by atoms with van der Waals surface area (Å²) in [4.78, 5) is 25.2. The molecule has 0 saturated heterocycles. The topological polar surface area (TPSA) is 108 Å². The molecule has 0 radical (unpaired) electrons. The van der Waals surface area contributed by atoms with Gasteiger partial charge in [0, 0.05) is 6.42 Å². The Morgan fingerprint density at radius 3 is 1.74 bits per heavy atom. The molecule has 2 N–H and O–H groups in total. The van der Waals surface area contributed by atoms with Crippen molar-refractivity contribution in [3.8, 4) is 0 Å². The average Bonchev–Trinajstić information content (AvgIpc) is 3.06. The van der Waals surface area contributed by atoms with Gasteiger partial charge in [-0.1, -0.05) is 153 Å². The van der Waals surface area contributed by atoms with E-state index in [2.05, 4.69) is 43.5 Å². The highest BCUT2D eigenvalue weighted by Gasteiger charge is 2.23. The third kappa shape index (κ3) is 35.1. The standard InChI is InChI=1S/C41H79N2O6P/c1-6-8-10-12-14-16-18-20-21-23-24-26-28-30-32-34-40(44)39(38-49-50(46,47)48-37-36-43(3,4)5)42-41(45)35-33-31-29-27-25-22-19-17-15-13-11-9-7-2/h11,13,17,19,32,34,39-40,44H,6-10,12,14-16,18,20-31,33,35-38H2,1-5H3,(H-,42,45,46,47)/b13-11-,19-17-,34-32+. The number of aliphatic hydroxyl groups excluding tert-OH is 1. The van der Waals surface area contributed by atoms with E-state index in [1.54, 1.807) is 6.08 Å². The molecule has 3 unspecified atom stereocenters. The quantitative estimate of drug-likeness (QED) is 0.0288. The number of amides is 1. The van der Waals surface area contributed by atoms with Gasteiger partial charge in [-0.05, 0) is 44.9 Å². The Hall–Kier alpha value is -1.28. The summed E-state index contributed by atoms with van der Waals surface area (Å²) in [7, 11) is 1.25. The van der Waals surface area contributed by atoms with Gasteiger partial charge in [0.05, 0.1) is 39.9 Å². The van der Waals surface area contributed by atoms with Gasteiger partial charge in [-0.3, -0.25) is 9.36 Å². The Labute approximate surface area is 308 Å². The van der Waals surface area contributed by atoms with Crippen LogP contribution in [0.15, 0.2) is 36.5 Å². The molecule has 1 amide bonds. The van der Waals surface area contributed by atoms with Crippen molar-refractivity contribution in [3.63, 3.8) is 0 Å². The molecule has 294 valence electrons. The van der Waals surface area contributed by atoms with E-state index in [0.717, 1.165) is 70.6 Å². The number of likely N-dealkylation sites (N-methyl/N-ethyl adjacent to an activating group) is 1. The zero-order chi connectivity index (χ0) is 37.2. The first kappa shape index (κ1) is 48.7. The van der Waals surface area contributed by atoms with Crippen molar-refractivity contribution in [2.75, 3.05) is 40.9 Å². The number of allylic oxidation sites excluding steroid dienone is 5. The van der Waals surface area contributed by atoms with Gasteiger partial charge in [-0.25, -0.2) is 0 Å². The van der Waals surface area contributed by atoms with E-state index in [0.29, 0.717) is 17.4 Å². The summed E-state index contributed by atoms with van der Waals surface area (Å²) < 4.78 is 23.1. The van der Waals surface area contributed by atoms with Crippen LogP contribution in [0.4, 0.5) is 0 Å². The second-order valence-corrected chi connectivity index (χ2v) is 16.4. The summed E-state index contributed by atoms with van der Waals surface area (Å²) in [6.45, 7) is 4.55. The maximum absolute atomic E-state index is 12.8. The molecular weight excluding hydrogens is 647 g/mol. The molecule has 9 heteroatoms. The van der Waals surface area contributed by atoms with Crippen LogP contribution in [0.3, 0.4) is 0 Å². The molecule has 0 aromatic rings. The molecule has 0 aromatic carbocycles. The van der Waals surface area contributed by atoms with Crippen LogP contribution in [0.1, 0.15) is 168 Å². The number of phosphoric ester groups is 1. The SMILES string of the molecule is CCC/C=C\C/C=C\CCCCCCCC(=O)NC(COP(=O)([O-])OCC[N+](C)(C)C)C(O)/C=C/CCCCCCCCCCCCCCC. The van der Waals surface area contributed by atoms with Crippen LogP contribution >= 0.6 is 7.82 Å². The van der Waals surface area contributed by atoms with Crippen molar-refractivity contribution in [2.45, 2.75) is 180 Å². The number of hydrogen-bond donors (Lipinski definition) is 2. The van der Waals surface area contributed by atoms with Crippen molar-refractivity contribution >= 4 is 13.7 Å². The Kier molecular flexibility index (Phi) is 32.7. The summed E-state index contributed by atoms with van der Waals surface area (Å²) in [5, 5.41) is 13.7. The minimum Gasteiger partial charge on any atom is -0.756 e. The predicted octanol–water partition coefficient (Wildman–Crippen LogP) is 10.1. The molecule has 0 bridgehead atoms. The Balaban J connectivity index is 4.53. The fourth-order valence-electron chi connectivity index (χ4n) is 5.54. The summed E-state index contributed by atoms with van der Waals surface area (Å²) >= 11 is 0. The zero-order valence-corrected chi connectivity index (χ0v) is 34.0. The molecule has 0 fully saturated rings. The van der Waals surface area contributed by atoms with Crippen molar-refractivity contribution in [1.82, 2.24) is 5.32 Å². The number of hydrogen-bond acceptors (Lipinski definition) is 6. The monoisotopic (exact) mass is 727 g/mol. The smallest absolute Gasteiger partial charge is 0.268 e. The van der Waals surface area contributed by atoms with Crippen LogP contribution in [-0.4, -0.2) is 68.5 Å². The highest BCUT2D eigenvalue weighted by atomic mass is 31.2. The number of quaternary nitrogens is 1. The van der Waals surface area contributed by atoms with E-state index < -0.39 is 20.0 Å². The minimum atomic E-state index is -4.58. The molecule has 0 aliphatic carbocycles. The molecule has 0 spiro atoms. The van der Waals surface area contributed by atoms with Crippen molar-refractivity contribution < 1.29 is 32.9 Å². The third-order valence-corrected chi connectivity index (χ3v) is 9.79. The highest BCUT2D eigenvalue weighted by molar-refractivity contribution is 7.45. The van der Waals surface area contributed by atoms with Gasteiger partial charge in [0.1, 0.15) is 13.2 Å². The molecule has 0 heterocycles.